The van der Waals surface area contributed by atoms with Gasteiger partial charge >= 0.3 is 0 Å². The molecule has 0 atom stereocenters. The molecule has 0 radical (unpaired) electrons. The Bertz CT molecular complexity index is 8770. The standard InChI is InChI=1S/3C42H29N3/c1-42(2)37-17-8-7-14-33(37)35-23-22-32-34(38(35)42)15-9-16-36(32)41-44-39(30-20-18-26-10-3-5-12-28(26)24-30)43-40(45-41)31-21-19-27-11-4-6-13-29(27)25-31;1-42(2)37-14-8-7-13-35(37)36-22-19-30-25-33(20-21-34(30)38(36)42)41-44-39(31-17-15-26-9-3-5-11-28(26)23-31)43-40(45-41)32-18-16-27-10-4-6-12-29(27)24-32;1-42(2)37-17-8-7-15-33(37)34-23-22-28-19-21-31(25-36(28)38(34)42)40-43-39(30-20-18-26-10-3-4-12-29(26)24-30)44-41(45-40)35-16-9-13-27-11-5-6-14-32(27)35/h3*3-25H,1-2H3. The number of hydrogen-bond acceptors (Lipinski definition) is 9. The molecule has 135 heavy (non-hydrogen) atoms. The molecular weight excluding hydrogens is 1640 g/mol. The number of fused-ring (bicyclic) bond motifs is 21. The van der Waals surface area contributed by atoms with Crippen LogP contribution < -0.4 is 0 Å². The zero-order valence-corrected chi connectivity index (χ0v) is 75.4. The molecule has 0 unspecified atom stereocenters. The fourth-order valence-corrected chi connectivity index (χ4v) is 21.7. The summed E-state index contributed by atoms with van der Waals surface area (Å²) in [5.74, 6) is 6.02. The highest BCUT2D eigenvalue weighted by Crippen LogP contribution is 2.56. The van der Waals surface area contributed by atoms with Gasteiger partial charge < -0.3 is 0 Å². The molecule has 9 nitrogen and oxygen atoms in total. The van der Waals surface area contributed by atoms with Crippen LogP contribution in [0.3, 0.4) is 0 Å². The monoisotopic (exact) mass is 1730 g/mol. The van der Waals surface area contributed by atoms with E-state index < -0.39 is 0 Å². The second-order valence-electron chi connectivity index (χ2n) is 37.5. The number of rotatable bonds is 9. The summed E-state index contributed by atoms with van der Waals surface area (Å²) < 4.78 is 0. The Morgan fingerprint density at radius 2 is 0.363 bits per heavy atom. The maximum Gasteiger partial charge on any atom is 0.164 e. The molecule has 21 aromatic carbocycles. The van der Waals surface area contributed by atoms with Crippen LogP contribution in [0, 0.1) is 0 Å². The summed E-state index contributed by atoms with van der Waals surface area (Å²) in [6, 6.07) is 149. The Balaban J connectivity index is 0.000000108. The molecule has 0 saturated carbocycles. The molecule has 0 aliphatic heterocycles. The van der Waals surface area contributed by atoms with E-state index in [0.717, 1.165) is 93.2 Å². The van der Waals surface area contributed by atoms with Crippen LogP contribution in [-0.4, -0.2) is 44.9 Å². The highest BCUT2D eigenvalue weighted by molar-refractivity contribution is 6.06. The van der Waals surface area contributed by atoms with Crippen molar-refractivity contribution in [3.05, 3.63) is 452 Å². The topological polar surface area (TPSA) is 116 Å². The number of hydrogen-bond donors (Lipinski definition) is 0. The van der Waals surface area contributed by atoms with Gasteiger partial charge in [0, 0.05) is 66.3 Å². The predicted octanol–water partition coefficient (Wildman–Crippen LogP) is 31.9. The lowest BCUT2D eigenvalue weighted by atomic mass is 9.80. The van der Waals surface area contributed by atoms with Crippen molar-refractivity contribution in [2.45, 2.75) is 57.8 Å². The van der Waals surface area contributed by atoms with Crippen LogP contribution in [0.2, 0.25) is 0 Å². The Labute approximate surface area is 782 Å². The van der Waals surface area contributed by atoms with E-state index in [0.29, 0.717) is 52.4 Å². The third kappa shape index (κ3) is 13.7. The summed E-state index contributed by atoms with van der Waals surface area (Å²) in [6.45, 7) is 14.0. The Morgan fingerprint density at radius 1 is 0.133 bits per heavy atom. The minimum Gasteiger partial charge on any atom is -0.208 e. The number of aromatic nitrogens is 9. The van der Waals surface area contributed by atoms with Gasteiger partial charge in [0.25, 0.3) is 0 Å². The molecule has 3 aliphatic rings. The molecule has 636 valence electrons. The minimum absolute atomic E-state index is 0.0768. The zero-order chi connectivity index (χ0) is 90.4. The molecule has 0 bridgehead atoms. The number of benzene rings is 21. The molecule has 0 amide bonds. The van der Waals surface area contributed by atoms with Gasteiger partial charge in [0.05, 0.1) is 0 Å². The molecule has 3 heterocycles. The molecule has 3 aliphatic carbocycles. The molecule has 3 aromatic heterocycles. The lowest BCUT2D eigenvalue weighted by Crippen LogP contribution is -2.15. The van der Waals surface area contributed by atoms with E-state index in [2.05, 4.69) is 460 Å². The largest absolute Gasteiger partial charge is 0.208 e. The number of nitrogens with zero attached hydrogens (tertiary/aromatic N) is 9. The smallest absolute Gasteiger partial charge is 0.164 e. The second kappa shape index (κ2) is 31.7. The van der Waals surface area contributed by atoms with E-state index >= 15 is 0 Å². The van der Waals surface area contributed by atoms with E-state index in [9.17, 15) is 0 Å². The van der Waals surface area contributed by atoms with Gasteiger partial charge in [0.1, 0.15) is 0 Å². The van der Waals surface area contributed by atoms with Crippen LogP contribution in [0.1, 0.15) is 74.9 Å². The lowest BCUT2D eigenvalue weighted by molar-refractivity contribution is 0.666. The van der Waals surface area contributed by atoms with Crippen LogP contribution in [0.4, 0.5) is 0 Å². The van der Waals surface area contributed by atoms with Crippen LogP contribution in [-0.2, 0) is 16.2 Å². The third-order valence-electron chi connectivity index (χ3n) is 28.4. The van der Waals surface area contributed by atoms with E-state index in [1.165, 1.54) is 121 Å². The molecule has 24 aromatic rings. The fraction of sp³-hybridized carbons (Fsp3) is 0.0714. The predicted molar refractivity (Wildman–Crippen MR) is 559 cm³/mol. The quantitative estimate of drug-likeness (QED) is 0.139. The Hall–Kier alpha value is -17.0. The average molecular weight is 1730 g/mol. The van der Waals surface area contributed by atoms with Gasteiger partial charge in [-0.15, -0.1) is 0 Å². The maximum absolute atomic E-state index is 5.17. The van der Waals surface area contributed by atoms with Gasteiger partial charge in [-0.1, -0.05) is 418 Å². The highest BCUT2D eigenvalue weighted by Gasteiger charge is 2.40. The maximum atomic E-state index is 5.17. The van der Waals surface area contributed by atoms with Gasteiger partial charge in [0.15, 0.2) is 52.4 Å². The van der Waals surface area contributed by atoms with Crippen molar-refractivity contribution in [3.63, 3.8) is 0 Å². The average Bonchev–Trinajstić information content (AvgIpc) is 1.57. The highest BCUT2D eigenvalue weighted by atomic mass is 15.1. The molecule has 0 fully saturated rings. The first-order chi connectivity index (χ1) is 66.1. The molecule has 0 N–H and O–H groups in total. The van der Waals surface area contributed by atoms with E-state index in [1.807, 2.05) is 0 Å². The van der Waals surface area contributed by atoms with E-state index in [1.54, 1.807) is 0 Å². The van der Waals surface area contributed by atoms with E-state index in [4.69, 9.17) is 44.9 Å². The first kappa shape index (κ1) is 80.1. The van der Waals surface area contributed by atoms with Crippen molar-refractivity contribution in [2.24, 2.45) is 0 Å². The molecule has 27 rings (SSSR count). The molecule has 0 saturated heterocycles. The fourth-order valence-electron chi connectivity index (χ4n) is 21.7. The van der Waals surface area contributed by atoms with Gasteiger partial charge in [-0.25, -0.2) is 44.9 Å². The van der Waals surface area contributed by atoms with Crippen LogP contribution in [0.15, 0.2) is 419 Å². The summed E-state index contributed by atoms with van der Waals surface area (Å²) in [6.07, 6.45) is 0. The van der Waals surface area contributed by atoms with Gasteiger partial charge in [-0.3, -0.25) is 0 Å². The summed E-state index contributed by atoms with van der Waals surface area (Å²) >= 11 is 0. The van der Waals surface area contributed by atoms with Gasteiger partial charge in [-0.2, -0.15) is 0 Å². The van der Waals surface area contributed by atoms with Crippen LogP contribution in [0.25, 0.3) is 233 Å². The summed E-state index contributed by atoms with van der Waals surface area (Å²) in [5.41, 5.74) is 24.7. The van der Waals surface area contributed by atoms with Gasteiger partial charge in [-0.05, 0) is 206 Å². The first-order valence-electron chi connectivity index (χ1n) is 46.4. The molecule has 9 heteroatoms. The third-order valence-corrected chi connectivity index (χ3v) is 28.4. The summed E-state index contributed by atoms with van der Waals surface area (Å²) in [4.78, 5) is 46.0. The van der Waals surface area contributed by atoms with Crippen molar-refractivity contribution in [2.75, 3.05) is 0 Å². The Kier molecular flexibility index (Phi) is 18.8. The van der Waals surface area contributed by atoms with Gasteiger partial charge in [0.2, 0.25) is 0 Å². The van der Waals surface area contributed by atoms with Crippen LogP contribution >= 0.6 is 0 Å². The first-order valence-corrected chi connectivity index (χ1v) is 46.4. The Morgan fingerprint density at radius 3 is 0.756 bits per heavy atom. The minimum atomic E-state index is -0.118. The van der Waals surface area contributed by atoms with E-state index in [-0.39, 0.29) is 16.2 Å². The normalized spacial score (nSPS) is 13.3. The van der Waals surface area contributed by atoms with Crippen molar-refractivity contribution in [1.29, 1.82) is 0 Å². The van der Waals surface area contributed by atoms with Crippen LogP contribution in [0.5, 0.6) is 0 Å². The van der Waals surface area contributed by atoms with Crippen molar-refractivity contribution in [3.8, 4) is 136 Å². The summed E-state index contributed by atoms with van der Waals surface area (Å²) in [5, 5.41) is 21.4. The van der Waals surface area contributed by atoms with Crippen molar-refractivity contribution in [1.82, 2.24) is 44.9 Å². The van der Waals surface area contributed by atoms with Crippen molar-refractivity contribution >= 4 is 97.0 Å². The van der Waals surface area contributed by atoms with Crippen molar-refractivity contribution < 1.29 is 0 Å². The second-order valence-corrected chi connectivity index (χ2v) is 37.5. The zero-order valence-electron chi connectivity index (χ0n) is 75.4. The lowest BCUT2D eigenvalue weighted by Gasteiger charge is -2.23. The molecule has 0 spiro atoms. The molecular formula is C126H87N9. The SMILES string of the molecule is CC1(C)c2ccccc2-c2ccc3c(-c4nc(-c5ccc6ccccc6c5)nc(-c5ccc6ccccc6c5)n4)cccc3c21.CC1(C)c2ccccc2-c2ccc3cc(-c4nc(-c5ccc6ccccc6c5)nc(-c5ccc6ccccc6c5)n4)ccc3c21.CC1(C)c2ccccc2-c2ccc3ccc(-c4nc(-c5ccc6ccccc6c5)nc(-c5cccc6ccccc56)n4)cc3c21. The summed E-state index contributed by atoms with van der Waals surface area (Å²) in [7, 11) is 0.